The Labute approximate surface area is 163 Å². The van der Waals surface area contributed by atoms with Crippen molar-refractivity contribution in [3.8, 4) is 0 Å². The van der Waals surface area contributed by atoms with Crippen LogP contribution in [0.2, 0.25) is 0 Å². The van der Waals surface area contributed by atoms with Crippen molar-refractivity contribution in [3.05, 3.63) is 46.9 Å². The molecule has 1 fully saturated rings. The SMILES string of the molecule is CCc1c(C(F)(F)F)noc1NC(=O)[C@H]1CCCN(C(=O)c2ccc(F)cc2)C1. The molecule has 2 aromatic rings. The van der Waals surface area contributed by atoms with Gasteiger partial charge in [0.05, 0.1) is 5.92 Å². The summed E-state index contributed by atoms with van der Waals surface area (Å²) in [5.41, 5.74) is -1.08. The molecule has 6 nitrogen and oxygen atoms in total. The topological polar surface area (TPSA) is 75.4 Å². The van der Waals surface area contributed by atoms with Crippen LogP contribution >= 0.6 is 0 Å². The first kappa shape index (κ1) is 20.8. The number of carbonyl (C=O) groups is 2. The summed E-state index contributed by atoms with van der Waals surface area (Å²) in [6.45, 7) is 2.03. The van der Waals surface area contributed by atoms with Gasteiger partial charge < -0.3 is 9.42 Å². The van der Waals surface area contributed by atoms with Crippen LogP contribution < -0.4 is 5.32 Å². The molecular weight excluding hydrogens is 394 g/mol. The second kappa shape index (κ2) is 8.22. The van der Waals surface area contributed by atoms with E-state index >= 15 is 0 Å². The fraction of sp³-hybridized carbons (Fsp3) is 0.421. The molecule has 0 aliphatic carbocycles. The highest BCUT2D eigenvalue weighted by Crippen LogP contribution is 2.35. The van der Waals surface area contributed by atoms with E-state index < -0.39 is 29.5 Å². The first-order valence-electron chi connectivity index (χ1n) is 9.12. The minimum atomic E-state index is -4.68. The van der Waals surface area contributed by atoms with Crippen molar-refractivity contribution in [2.75, 3.05) is 18.4 Å². The Morgan fingerprint density at radius 1 is 1.28 bits per heavy atom. The highest BCUT2D eigenvalue weighted by Gasteiger charge is 2.39. The maximum absolute atomic E-state index is 13.0. The van der Waals surface area contributed by atoms with Crippen LogP contribution in [-0.4, -0.2) is 35.0 Å². The summed E-state index contributed by atoms with van der Waals surface area (Å²) >= 11 is 0. The number of hydrogen-bond donors (Lipinski definition) is 1. The van der Waals surface area contributed by atoms with Gasteiger partial charge in [-0.05, 0) is 43.5 Å². The van der Waals surface area contributed by atoms with Crippen molar-refractivity contribution in [1.82, 2.24) is 10.1 Å². The van der Waals surface area contributed by atoms with Gasteiger partial charge in [0.2, 0.25) is 11.8 Å². The molecule has 1 aromatic heterocycles. The van der Waals surface area contributed by atoms with Gasteiger partial charge in [-0.15, -0.1) is 0 Å². The molecule has 0 radical (unpaired) electrons. The van der Waals surface area contributed by atoms with Gasteiger partial charge in [0.15, 0.2) is 5.69 Å². The Morgan fingerprint density at radius 2 is 1.97 bits per heavy atom. The molecule has 1 N–H and O–H groups in total. The number of likely N-dealkylation sites (tertiary alicyclic amines) is 1. The largest absolute Gasteiger partial charge is 0.437 e. The molecule has 156 valence electrons. The molecule has 0 spiro atoms. The standard InChI is InChI=1S/C19H19F4N3O3/c1-2-14-15(19(21,22)23)25-29-17(14)24-16(27)12-4-3-9-26(10-12)18(28)11-5-7-13(20)8-6-11/h5-8,12H,2-4,9-10H2,1H3,(H,24,27)/t12-/m0/s1. The molecule has 0 unspecified atom stereocenters. The Balaban J connectivity index is 1.69. The van der Waals surface area contributed by atoms with Crippen LogP contribution in [0, 0.1) is 11.7 Å². The molecule has 2 heterocycles. The summed E-state index contributed by atoms with van der Waals surface area (Å²) < 4.78 is 56.6. The van der Waals surface area contributed by atoms with E-state index in [1.165, 1.54) is 36.1 Å². The molecule has 2 amide bonds. The molecule has 1 aliphatic rings. The van der Waals surface area contributed by atoms with Crippen molar-refractivity contribution < 1.29 is 31.7 Å². The molecule has 0 saturated carbocycles. The summed E-state index contributed by atoms with van der Waals surface area (Å²) in [5.74, 6) is -2.28. The quantitative estimate of drug-likeness (QED) is 0.772. The molecule has 3 rings (SSSR count). The van der Waals surface area contributed by atoms with E-state index in [2.05, 4.69) is 10.5 Å². The maximum atomic E-state index is 13.0. The lowest BCUT2D eigenvalue weighted by atomic mass is 9.96. The van der Waals surface area contributed by atoms with Gasteiger partial charge in [-0.3, -0.25) is 14.9 Å². The molecule has 0 bridgehead atoms. The second-order valence-corrected chi connectivity index (χ2v) is 6.78. The third kappa shape index (κ3) is 4.57. The molecule has 1 saturated heterocycles. The zero-order chi connectivity index (χ0) is 21.2. The van der Waals surface area contributed by atoms with Gasteiger partial charge in [-0.2, -0.15) is 13.2 Å². The highest BCUT2D eigenvalue weighted by molar-refractivity contribution is 5.96. The summed E-state index contributed by atoms with van der Waals surface area (Å²) in [5, 5.41) is 5.41. The molecule has 10 heteroatoms. The molecule has 29 heavy (non-hydrogen) atoms. The van der Waals surface area contributed by atoms with Crippen LogP contribution in [0.5, 0.6) is 0 Å². The highest BCUT2D eigenvalue weighted by atomic mass is 19.4. The maximum Gasteiger partial charge on any atom is 0.437 e. The average Bonchev–Trinajstić information content (AvgIpc) is 3.11. The molecular formula is C19H19F4N3O3. The number of halogens is 4. The monoisotopic (exact) mass is 413 g/mol. The van der Waals surface area contributed by atoms with Crippen molar-refractivity contribution in [2.24, 2.45) is 5.92 Å². The lowest BCUT2D eigenvalue weighted by Crippen LogP contribution is -2.43. The van der Waals surface area contributed by atoms with Crippen LogP contribution in [0.15, 0.2) is 28.8 Å². The third-order valence-corrected chi connectivity index (χ3v) is 4.82. The van der Waals surface area contributed by atoms with Crippen LogP contribution in [0.1, 0.15) is 41.4 Å². The fourth-order valence-electron chi connectivity index (χ4n) is 3.32. The zero-order valence-corrected chi connectivity index (χ0v) is 15.6. The Morgan fingerprint density at radius 3 is 2.59 bits per heavy atom. The number of nitrogens with zero attached hydrogens (tertiary/aromatic N) is 2. The third-order valence-electron chi connectivity index (χ3n) is 4.82. The van der Waals surface area contributed by atoms with Gasteiger partial charge >= 0.3 is 6.18 Å². The smallest absolute Gasteiger partial charge is 0.338 e. The predicted molar refractivity (Wildman–Crippen MR) is 94.5 cm³/mol. The van der Waals surface area contributed by atoms with E-state index in [1.807, 2.05) is 0 Å². The number of amides is 2. The Bertz CT molecular complexity index is 893. The van der Waals surface area contributed by atoms with Crippen molar-refractivity contribution in [1.29, 1.82) is 0 Å². The average molecular weight is 413 g/mol. The number of carbonyl (C=O) groups excluding carboxylic acids is 2. The minimum absolute atomic E-state index is 0.0200. The lowest BCUT2D eigenvalue weighted by Gasteiger charge is -2.32. The van der Waals surface area contributed by atoms with Crippen LogP contribution in [0.25, 0.3) is 0 Å². The van der Waals surface area contributed by atoms with Gasteiger partial charge in [0.1, 0.15) is 5.82 Å². The van der Waals surface area contributed by atoms with E-state index in [0.717, 1.165) is 0 Å². The van der Waals surface area contributed by atoms with E-state index in [4.69, 9.17) is 4.52 Å². The van der Waals surface area contributed by atoms with Gasteiger partial charge in [0.25, 0.3) is 5.91 Å². The lowest BCUT2D eigenvalue weighted by molar-refractivity contribution is -0.143. The summed E-state index contributed by atoms with van der Waals surface area (Å²) in [7, 11) is 0. The number of alkyl halides is 3. The zero-order valence-electron chi connectivity index (χ0n) is 15.6. The van der Waals surface area contributed by atoms with Crippen molar-refractivity contribution in [2.45, 2.75) is 32.4 Å². The van der Waals surface area contributed by atoms with E-state index in [0.29, 0.717) is 24.9 Å². The van der Waals surface area contributed by atoms with E-state index in [9.17, 15) is 27.2 Å². The van der Waals surface area contributed by atoms with Crippen LogP contribution in [0.3, 0.4) is 0 Å². The summed E-state index contributed by atoms with van der Waals surface area (Å²) in [4.78, 5) is 26.6. The number of aromatic nitrogens is 1. The minimum Gasteiger partial charge on any atom is -0.338 e. The number of benzene rings is 1. The second-order valence-electron chi connectivity index (χ2n) is 6.78. The number of piperidine rings is 1. The van der Waals surface area contributed by atoms with Gasteiger partial charge in [0, 0.05) is 24.2 Å². The number of anilines is 1. The molecule has 1 aliphatic heterocycles. The van der Waals surface area contributed by atoms with Crippen molar-refractivity contribution in [3.63, 3.8) is 0 Å². The number of nitrogens with one attached hydrogen (secondary N) is 1. The summed E-state index contributed by atoms with van der Waals surface area (Å²) in [6, 6.07) is 5.08. The Kier molecular flexibility index (Phi) is 5.90. The van der Waals surface area contributed by atoms with Gasteiger partial charge in [-0.25, -0.2) is 4.39 Å². The number of rotatable bonds is 4. The molecule has 1 aromatic carbocycles. The summed E-state index contributed by atoms with van der Waals surface area (Å²) in [6.07, 6.45) is -3.68. The first-order chi connectivity index (χ1) is 13.7. The molecule has 1 atom stereocenters. The normalized spacial score (nSPS) is 17.3. The number of hydrogen-bond acceptors (Lipinski definition) is 4. The first-order valence-corrected chi connectivity index (χ1v) is 9.12. The van der Waals surface area contributed by atoms with E-state index in [1.54, 1.807) is 0 Å². The van der Waals surface area contributed by atoms with Gasteiger partial charge in [-0.1, -0.05) is 12.1 Å². The van der Waals surface area contributed by atoms with Crippen LogP contribution in [-0.2, 0) is 17.4 Å². The predicted octanol–water partition coefficient (Wildman–Crippen LogP) is 3.89. The van der Waals surface area contributed by atoms with Crippen molar-refractivity contribution >= 4 is 17.7 Å². The Hall–Kier alpha value is -2.91. The van der Waals surface area contributed by atoms with Crippen LogP contribution in [0.4, 0.5) is 23.4 Å². The fourth-order valence-corrected chi connectivity index (χ4v) is 3.32. The van der Waals surface area contributed by atoms with E-state index in [-0.39, 0.29) is 30.3 Å².